The number of rotatable bonds is 1. The Morgan fingerprint density at radius 1 is 1.04 bits per heavy atom. The Hall–Kier alpha value is -2.37. The lowest BCUT2D eigenvalue weighted by molar-refractivity contribution is 0.0263. The zero-order chi connectivity index (χ0) is 18.9. The second kappa shape index (κ2) is 7.09. The number of carbonyl (C=O) groups excluding carboxylic acids is 1. The number of benzene rings is 1. The fourth-order valence-electron chi connectivity index (χ4n) is 3.19. The maximum absolute atomic E-state index is 12.4. The molecule has 0 aliphatic carbocycles. The molecule has 1 amide bonds. The van der Waals surface area contributed by atoms with Gasteiger partial charge in [-0.15, -0.1) is 0 Å². The third kappa shape index (κ3) is 4.06. The van der Waals surface area contributed by atoms with Crippen molar-refractivity contribution in [2.24, 2.45) is 0 Å². The van der Waals surface area contributed by atoms with Crippen LogP contribution < -0.4 is 4.90 Å². The first-order valence-electron chi connectivity index (χ1n) is 9.19. The summed E-state index contributed by atoms with van der Waals surface area (Å²) < 4.78 is 5.52. The summed E-state index contributed by atoms with van der Waals surface area (Å²) in [7, 11) is 0. The summed E-state index contributed by atoms with van der Waals surface area (Å²) in [6.45, 7) is 12.8. The van der Waals surface area contributed by atoms with Crippen molar-refractivity contribution in [3.8, 4) is 0 Å². The van der Waals surface area contributed by atoms with Crippen molar-refractivity contribution in [1.82, 2.24) is 14.9 Å². The van der Waals surface area contributed by atoms with Crippen molar-refractivity contribution < 1.29 is 9.53 Å². The van der Waals surface area contributed by atoms with Crippen molar-refractivity contribution in [1.29, 1.82) is 0 Å². The van der Waals surface area contributed by atoms with Crippen LogP contribution in [-0.4, -0.2) is 52.7 Å². The molecule has 0 unspecified atom stereocenters. The van der Waals surface area contributed by atoms with Gasteiger partial charge in [0, 0.05) is 31.6 Å². The third-order valence-electron chi connectivity index (χ3n) is 4.68. The molecule has 1 aliphatic rings. The van der Waals surface area contributed by atoms with Crippen LogP contribution in [-0.2, 0) is 4.74 Å². The van der Waals surface area contributed by atoms with Gasteiger partial charge in [0.2, 0.25) is 0 Å². The van der Waals surface area contributed by atoms with E-state index in [0.29, 0.717) is 13.1 Å². The molecule has 1 aliphatic heterocycles. The van der Waals surface area contributed by atoms with E-state index >= 15 is 0 Å². The predicted octanol–water partition coefficient (Wildman–Crippen LogP) is 3.69. The zero-order valence-corrected chi connectivity index (χ0v) is 16.4. The van der Waals surface area contributed by atoms with E-state index < -0.39 is 5.60 Å². The minimum Gasteiger partial charge on any atom is -0.444 e. The number of hydrogen-bond donors (Lipinski definition) is 0. The summed E-state index contributed by atoms with van der Waals surface area (Å²) in [6.07, 6.45) is 2.27. The summed E-state index contributed by atoms with van der Waals surface area (Å²) in [5.74, 6) is 0.948. The molecule has 0 saturated carbocycles. The first kappa shape index (κ1) is 18.4. The van der Waals surface area contributed by atoms with E-state index in [1.807, 2.05) is 20.8 Å². The van der Waals surface area contributed by atoms with Gasteiger partial charge in [0.05, 0.1) is 5.52 Å². The lowest BCUT2D eigenvalue weighted by atomic mass is 10.1. The molecule has 0 radical (unpaired) electrons. The van der Waals surface area contributed by atoms with E-state index in [-0.39, 0.29) is 6.09 Å². The molecule has 1 aromatic carbocycles. The molecule has 3 rings (SSSR count). The van der Waals surface area contributed by atoms with Crippen LogP contribution in [0.25, 0.3) is 10.9 Å². The molecule has 0 spiro atoms. The standard InChI is InChI=1S/C20H28N4O2/c1-14-11-16-17(12-15(14)2)21-13-22-18(16)23-7-6-8-24(10-9-23)19(25)26-20(3,4)5/h11-13H,6-10H2,1-5H3. The fraction of sp³-hybridized carbons (Fsp3) is 0.550. The molecule has 0 atom stereocenters. The molecule has 1 aromatic heterocycles. The van der Waals surface area contributed by atoms with Gasteiger partial charge in [0.25, 0.3) is 0 Å². The first-order chi connectivity index (χ1) is 12.2. The lowest BCUT2D eigenvalue weighted by Crippen LogP contribution is -2.39. The molecule has 2 aromatic rings. The van der Waals surface area contributed by atoms with Crippen LogP contribution in [0, 0.1) is 13.8 Å². The number of fused-ring (bicyclic) bond motifs is 1. The highest BCUT2D eigenvalue weighted by Gasteiger charge is 2.25. The summed E-state index contributed by atoms with van der Waals surface area (Å²) in [4.78, 5) is 25.4. The van der Waals surface area contributed by atoms with Crippen molar-refractivity contribution in [2.75, 3.05) is 31.1 Å². The Morgan fingerprint density at radius 3 is 2.50 bits per heavy atom. The van der Waals surface area contributed by atoms with E-state index in [9.17, 15) is 4.79 Å². The number of aromatic nitrogens is 2. The Bertz CT molecular complexity index is 813. The van der Waals surface area contributed by atoms with Gasteiger partial charge in [0.1, 0.15) is 17.7 Å². The highest BCUT2D eigenvalue weighted by molar-refractivity contribution is 5.90. The Kier molecular flexibility index (Phi) is 5.03. The van der Waals surface area contributed by atoms with Crippen LogP contribution in [0.15, 0.2) is 18.5 Å². The summed E-state index contributed by atoms with van der Waals surface area (Å²) in [6, 6.07) is 4.27. The quantitative estimate of drug-likeness (QED) is 0.780. The molecular formula is C20H28N4O2. The van der Waals surface area contributed by atoms with Gasteiger partial charge < -0.3 is 14.5 Å². The average molecular weight is 356 g/mol. The predicted molar refractivity (Wildman–Crippen MR) is 104 cm³/mol. The van der Waals surface area contributed by atoms with Crippen molar-refractivity contribution in [3.63, 3.8) is 0 Å². The Morgan fingerprint density at radius 2 is 1.77 bits per heavy atom. The Labute approximate surface area is 155 Å². The summed E-state index contributed by atoms with van der Waals surface area (Å²) in [5.41, 5.74) is 2.96. The zero-order valence-electron chi connectivity index (χ0n) is 16.4. The molecule has 2 heterocycles. The van der Waals surface area contributed by atoms with Crippen molar-refractivity contribution >= 4 is 22.8 Å². The number of carbonyl (C=O) groups is 1. The van der Waals surface area contributed by atoms with Crippen LogP contribution in [0.1, 0.15) is 38.3 Å². The number of aryl methyl sites for hydroxylation is 2. The van der Waals surface area contributed by atoms with Crippen LogP contribution in [0.3, 0.4) is 0 Å². The number of ether oxygens (including phenoxy) is 1. The van der Waals surface area contributed by atoms with Crippen LogP contribution in [0.4, 0.5) is 10.6 Å². The topological polar surface area (TPSA) is 58.6 Å². The maximum Gasteiger partial charge on any atom is 0.410 e. The second-order valence-corrected chi connectivity index (χ2v) is 7.96. The smallest absolute Gasteiger partial charge is 0.410 e. The number of nitrogens with zero attached hydrogens (tertiary/aromatic N) is 4. The van der Waals surface area contributed by atoms with Crippen LogP contribution in [0.2, 0.25) is 0 Å². The molecular weight excluding hydrogens is 328 g/mol. The van der Waals surface area contributed by atoms with Gasteiger partial charge in [-0.1, -0.05) is 0 Å². The second-order valence-electron chi connectivity index (χ2n) is 7.96. The number of hydrogen-bond acceptors (Lipinski definition) is 5. The van der Waals surface area contributed by atoms with Gasteiger partial charge in [-0.2, -0.15) is 0 Å². The summed E-state index contributed by atoms with van der Waals surface area (Å²) >= 11 is 0. The van der Waals surface area contributed by atoms with E-state index in [4.69, 9.17) is 4.74 Å². The SMILES string of the molecule is Cc1cc2ncnc(N3CCCN(C(=O)OC(C)(C)C)CC3)c2cc1C. The maximum atomic E-state index is 12.4. The van der Waals surface area contributed by atoms with Gasteiger partial charge in [0.15, 0.2) is 0 Å². The highest BCUT2D eigenvalue weighted by atomic mass is 16.6. The minimum absolute atomic E-state index is 0.238. The van der Waals surface area contributed by atoms with Crippen LogP contribution >= 0.6 is 0 Å². The number of anilines is 1. The van der Waals surface area contributed by atoms with Crippen LogP contribution in [0.5, 0.6) is 0 Å². The van der Waals surface area contributed by atoms with E-state index in [1.54, 1.807) is 11.2 Å². The molecule has 1 fully saturated rings. The lowest BCUT2D eigenvalue weighted by Gasteiger charge is -2.27. The molecule has 0 N–H and O–H groups in total. The summed E-state index contributed by atoms with van der Waals surface area (Å²) in [5, 5.41) is 1.07. The average Bonchev–Trinajstić information content (AvgIpc) is 2.80. The molecule has 1 saturated heterocycles. The molecule has 0 bridgehead atoms. The van der Waals surface area contributed by atoms with Crippen molar-refractivity contribution in [2.45, 2.75) is 46.6 Å². The van der Waals surface area contributed by atoms with Gasteiger partial charge in [-0.25, -0.2) is 14.8 Å². The van der Waals surface area contributed by atoms with Crippen molar-refractivity contribution in [3.05, 3.63) is 29.6 Å². The van der Waals surface area contributed by atoms with E-state index in [0.717, 1.165) is 36.2 Å². The fourth-order valence-corrected chi connectivity index (χ4v) is 3.19. The Balaban J connectivity index is 1.80. The van der Waals surface area contributed by atoms with Gasteiger partial charge in [-0.05, 0) is 64.3 Å². The third-order valence-corrected chi connectivity index (χ3v) is 4.68. The van der Waals surface area contributed by atoms with E-state index in [2.05, 4.69) is 40.8 Å². The monoisotopic (exact) mass is 356 g/mol. The largest absolute Gasteiger partial charge is 0.444 e. The van der Waals surface area contributed by atoms with E-state index in [1.165, 1.54) is 11.1 Å². The molecule has 26 heavy (non-hydrogen) atoms. The normalized spacial score (nSPS) is 15.9. The molecule has 6 nitrogen and oxygen atoms in total. The minimum atomic E-state index is -0.471. The molecule has 6 heteroatoms. The number of amides is 1. The highest BCUT2D eigenvalue weighted by Crippen LogP contribution is 2.26. The first-order valence-corrected chi connectivity index (χ1v) is 9.19. The molecule has 140 valence electrons. The van der Waals surface area contributed by atoms with Gasteiger partial charge >= 0.3 is 6.09 Å². The van der Waals surface area contributed by atoms with Gasteiger partial charge in [-0.3, -0.25) is 0 Å².